The molecule has 0 amide bonds. The molecule has 2 heterocycles. The maximum Gasteiger partial charge on any atom is 0.311 e. The van der Waals surface area contributed by atoms with Crippen LogP contribution in [0, 0.1) is 10.1 Å². The van der Waals surface area contributed by atoms with Gasteiger partial charge in [-0.2, -0.15) is 5.10 Å². The maximum atomic E-state index is 10.9. The quantitative estimate of drug-likeness (QED) is 0.656. The van der Waals surface area contributed by atoms with Crippen molar-refractivity contribution in [2.75, 3.05) is 5.32 Å². The molecule has 0 aromatic carbocycles. The number of anilines is 1. The summed E-state index contributed by atoms with van der Waals surface area (Å²) in [4.78, 5) is 14.4. The summed E-state index contributed by atoms with van der Waals surface area (Å²) in [6.45, 7) is 2.49. The summed E-state index contributed by atoms with van der Waals surface area (Å²) in [5.74, 6) is 0.276. The van der Waals surface area contributed by atoms with Crippen LogP contribution < -0.4 is 5.32 Å². The van der Waals surface area contributed by atoms with E-state index in [1.165, 1.54) is 12.3 Å². The van der Waals surface area contributed by atoms with Gasteiger partial charge in [-0.1, -0.05) is 6.92 Å². The van der Waals surface area contributed by atoms with E-state index in [1.54, 1.807) is 10.7 Å². The fraction of sp³-hybridized carbons (Fsp3) is 0.333. The zero-order valence-corrected chi connectivity index (χ0v) is 10.8. The molecule has 7 nitrogen and oxygen atoms in total. The first-order valence-electron chi connectivity index (χ1n) is 5.96. The lowest BCUT2D eigenvalue weighted by Gasteiger charge is -2.05. The summed E-state index contributed by atoms with van der Waals surface area (Å²) in [7, 11) is 1.85. The third-order valence-electron chi connectivity index (χ3n) is 2.76. The fourth-order valence-corrected chi connectivity index (χ4v) is 1.89. The summed E-state index contributed by atoms with van der Waals surface area (Å²) in [6, 6.07) is 2.98. The lowest BCUT2D eigenvalue weighted by Crippen LogP contribution is -2.05. The van der Waals surface area contributed by atoms with Gasteiger partial charge in [-0.05, 0) is 12.5 Å². The topological polar surface area (TPSA) is 85.9 Å². The second-order valence-corrected chi connectivity index (χ2v) is 4.11. The van der Waals surface area contributed by atoms with E-state index < -0.39 is 4.92 Å². The lowest BCUT2D eigenvalue weighted by molar-refractivity contribution is -0.384. The molecule has 0 aliphatic rings. The van der Waals surface area contributed by atoms with E-state index in [1.807, 2.05) is 20.2 Å². The second-order valence-electron chi connectivity index (χ2n) is 4.11. The van der Waals surface area contributed by atoms with Crippen LogP contribution in [-0.4, -0.2) is 19.7 Å². The van der Waals surface area contributed by atoms with Crippen molar-refractivity contribution in [3.63, 3.8) is 0 Å². The SMILES string of the molecule is CCc1nn(C)cc1CNc1ncccc1[N+](=O)[O-]. The Bertz CT molecular complexity index is 594. The van der Waals surface area contributed by atoms with Gasteiger partial charge in [0.05, 0.1) is 10.6 Å². The van der Waals surface area contributed by atoms with E-state index in [4.69, 9.17) is 0 Å². The average molecular weight is 261 g/mol. The van der Waals surface area contributed by atoms with Gasteiger partial charge < -0.3 is 5.32 Å². The number of aryl methyl sites for hydroxylation is 2. The summed E-state index contributed by atoms with van der Waals surface area (Å²) in [6.07, 6.45) is 4.25. The average Bonchev–Trinajstić information content (AvgIpc) is 2.77. The van der Waals surface area contributed by atoms with Crippen molar-refractivity contribution in [3.8, 4) is 0 Å². The van der Waals surface area contributed by atoms with Crippen LogP contribution in [0.5, 0.6) is 0 Å². The van der Waals surface area contributed by atoms with Gasteiger partial charge in [0.15, 0.2) is 0 Å². The van der Waals surface area contributed by atoms with Crippen LogP contribution in [0.4, 0.5) is 11.5 Å². The van der Waals surface area contributed by atoms with E-state index >= 15 is 0 Å². The highest BCUT2D eigenvalue weighted by molar-refractivity contribution is 5.55. The van der Waals surface area contributed by atoms with Gasteiger partial charge in [-0.15, -0.1) is 0 Å². The van der Waals surface area contributed by atoms with E-state index in [9.17, 15) is 10.1 Å². The van der Waals surface area contributed by atoms with Gasteiger partial charge in [-0.3, -0.25) is 14.8 Å². The first-order valence-corrected chi connectivity index (χ1v) is 5.96. The third kappa shape index (κ3) is 2.87. The molecule has 0 radical (unpaired) electrons. The second kappa shape index (κ2) is 5.47. The van der Waals surface area contributed by atoms with Crippen LogP contribution in [0.15, 0.2) is 24.5 Å². The van der Waals surface area contributed by atoms with Crippen LogP contribution in [0.2, 0.25) is 0 Å². The zero-order chi connectivity index (χ0) is 13.8. The van der Waals surface area contributed by atoms with Gasteiger partial charge >= 0.3 is 5.69 Å². The minimum absolute atomic E-state index is 0.0237. The van der Waals surface area contributed by atoms with Crippen LogP contribution in [0.25, 0.3) is 0 Å². The fourth-order valence-electron chi connectivity index (χ4n) is 1.89. The minimum atomic E-state index is -0.445. The molecule has 0 aliphatic carbocycles. The number of aromatic nitrogens is 3. The molecule has 7 heteroatoms. The summed E-state index contributed by atoms with van der Waals surface area (Å²) < 4.78 is 1.74. The van der Waals surface area contributed by atoms with Gasteiger partial charge in [0, 0.05) is 37.6 Å². The molecular weight excluding hydrogens is 246 g/mol. The molecule has 2 aromatic rings. The molecule has 0 unspecified atom stereocenters. The number of nitrogens with zero attached hydrogens (tertiary/aromatic N) is 4. The Morgan fingerprint density at radius 2 is 2.32 bits per heavy atom. The Morgan fingerprint density at radius 1 is 1.53 bits per heavy atom. The van der Waals surface area contributed by atoms with Crippen molar-refractivity contribution in [3.05, 3.63) is 45.9 Å². The van der Waals surface area contributed by atoms with E-state index in [0.29, 0.717) is 6.54 Å². The van der Waals surface area contributed by atoms with Crippen LogP contribution >= 0.6 is 0 Å². The number of hydrogen-bond acceptors (Lipinski definition) is 5. The van der Waals surface area contributed by atoms with E-state index in [-0.39, 0.29) is 11.5 Å². The highest BCUT2D eigenvalue weighted by Gasteiger charge is 2.14. The van der Waals surface area contributed by atoms with E-state index in [2.05, 4.69) is 15.4 Å². The van der Waals surface area contributed by atoms with Crippen molar-refractivity contribution in [1.29, 1.82) is 0 Å². The Balaban J connectivity index is 2.16. The Hall–Kier alpha value is -2.44. The third-order valence-corrected chi connectivity index (χ3v) is 2.76. The van der Waals surface area contributed by atoms with Crippen molar-refractivity contribution in [1.82, 2.24) is 14.8 Å². The van der Waals surface area contributed by atoms with E-state index in [0.717, 1.165) is 17.7 Å². The minimum Gasteiger partial charge on any atom is -0.360 e. The van der Waals surface area contributed by atoms with Crippen LogP contribution in [-0.2, 0) is 20.0 Å². The smallest absolute Gasteiger partial charge is 0.311 e. The normalized spacial score (nSPS) is 10.4. The molecule has 0 spiro atoms. The molecule has 0 bridgehead atoms. The molecule has 2 rings (SSSR count). The van der Waals surface area contributed by atoms with Crippen molar-refractivity contribution in [2.45, 2.75) is 19.9 Å². The maximum absolute atomic E-state index is 10.9. The Labute approximate surface area is 110 Å². The van der Waals surface area contributed by atoms with Crippen molar-refractivity contribution in [2.24, 2.45) is 7.05 Å². The Morgan fingerprint density at radius 3 is 3.00 bits per heavy atom. The molecule has 19 heavy (non-hydrogen) atoms. The molecule has 0 atom stereocenters. The number of nitrogens with one attached hydrogen (secondary N) is 1. The largest absolute Gasteiger partial charge is 0.360 e. The molecule has 2 aromatic heterocycles. The first kappa shape index (κ1) is 13.0. The summed E-state index contributed by atoms with van der Waals surface area (Å²) in [5.41, 5.74) is 1.97. The molecule has 1 N–H and O–H groups in total. The predicted octanol–water partition coefficient (Wildman–Crippen LogP) is 1.90. The zero-order valence-electron chi connectivity index (χ0n) is 10.8. The van der Waals surface area contributed by atoms with Crippen LogP contribution in [0.3, 0.4) is 0 Å². The monoisotopic (exact) mass is 261 g/mol. The standard InChI is InChI=1S/C12H15N5O2/c1-3-10-9(8-16(2)15-10)7-14-12-11(17(18)19)5-4-6-13-12/h4-6,8H,3,7H2,1-2H3,(H,13,14). The van der Waals surface area contributed by atoms with Gasteiger partial charge in [0.25, 0.3) is 0 Å². The van der Waals surface area contributed by atoms with Crippen molar-refractivity contribution < 1.29 is 4.92 Å². The highest BCUT2D eigenvalue weighted by atomic mass is 16.6. The van der Waals surface area contributed by atoms with Gasteiger partial charge in [0.1, 0.15) is 0 Å². The summed E-state index contributed by atoms with van der Waals surface area (Å²) >= 11 is 0. The van der Waals surface area contributed by atoms with Crippen LogP contribution in [0.1, 0.15) is 18.2 Å². The molecule has 0 fully saturated rings. The van der Waals surface area contributed by atoms with Crippen molar-refractivity contribution >= 4 is 11.5 Å². The number of hydrogen-bond donors (Lipinski definition) is 1. The number of nitro groups is 1. The van der Waals surface area contributed by atoms with Gasteiger partial charge in [-0.25, -0.2) is 4.98 Å². The Kier molecular flexibility index (Phi) is 3.74. The highest BCUT2D eigenvalue weighted by Crippen LogP contribution is 2.21. The lowest BCUT2D eigenvalue weighted by atomic mass is 10.2. The predicted molar refractivity (Wildman–Crippen MR) is 70.8 cm³/mol. The summed E-state index contributed by atoms with van der Waals surface area (Å²) in [5, 5.41) is 18.2. The van der Waals surface area contributed by atoms with Gasteiger partial charge in [0.2, 0.25) is 5.82 Å². The molecule has 100 valence electrons. The first-order chi connectivity index (χ1) is 9.11. The number of pyridine rings is 1. The molecule has 0 saturated heterocycles. The molecule has 0 saturated carbocycles. The molecular formula is C12H15N5O2. The molecule has 0 aliphatic heterocycles. The number of rotatable bonds is 5.